The van der Waals surface area contributed by atoms with Crippen LogP contribution in [0.15, 0.2) is 42.5 Å². The van der Waals surface area contributed by atoms with Crippen molar-refractivity contribution in [3.05, 3.63) is 64.2 Å². The lowest BCUT2D eigenvalue weighted by Gasteiger charge is -2.18. The zero-order valence-corrected chi connectivity index (χ0v) is 30.2. The monoisotopic (exact) mass is 688 g/mol. The van der Waals surface area contributed by atoms with Crippen molar-refractivity contribution in [1.29, 1.82) is 0 Å². The summed E-state index contributed by atoms with van der Waals surface area (Å²) >= 11 is 6.54. The second-order valence-electron chi connectivity index (χ2n) is 10.9. The maximum absolute atomic E-state index is 6.54. The van der Waals surface area contributed by atoms with Crippen LogP contribution in [0, 0.1) is 0 Å². The van der Waals surface area contributed by atoms with Crippen LogP contribution in [-0.2, 0) is 19.5 Å². The summed E-state index contributed by atoms with van der Waals surface area (Å²) in [7, 11) is 8.47. The fourth-order valence-electron chi connectivity index (χ4n) is 4.60. The predicted octanol–water partition coefficient (Wildman–Crippen LogP) is 8.07. The molecule has 0 heterocycles. The highest BCUT2D eigenvalue weighted by molar-refractivity contribution is 6.30. The molecule has 0 spiro atoms. The molecule has 0 amide bonds. The standard InChI is InChI=1S/C32H53ClN4O.4ClH/c1-36(2)21-14-19-34-26-29-24-31(33)25-30(27-35-20-15-22-37(3)4)32(29)38-23-13-8-6-5-7-10-16-28-17-11-9-12-18-28;;;;/h9,11-12,17-18,24-25,34-35H,5-8,10,13-16,19-23,26-27H2,1-4H3;4*1H. The van der Waals surface area contributed by atoms with Gasteiger partial charge in [0.2, 0.25) is 0 Å². The quantitative estimate of drug-likeness (QED) is 0.122. The normalized spacial score (nSPS) is 10.5. The number of benzene rings is 2. The van der Waals surface area contributed by atoms with Gasteiger partial charge in [0.15, 0.2) is 0 Å². The topological polar surface area (TPSA) is 39.8 Å². The summed E-state index contributed by atoms with van der Waals surface area (Å²) in [6.45, 7) is 6.43. The van der Waals surface area contributed by atoms with Crippen LogP contribution in [0.3, 0.4) is 0 Å². The number of ether oxygens (including phenoxy) is 1. The van der Waals surface area contributed by atoms with Crippen LogP contribution in [0.1, 0.15) is 68.1 Å². The van der Waals surface area contributed by atoms with E-state index >= 15 is 0 Å². The van der Waals surface area contributed by atoms with Crippen molar-refractivity contribution in [2.75, 3.05) is 61.0 Å². The molecule has 2 rings (SSSR count). The number of unbranched alkanes of at least 4 members (excludes halogenated alkanes) is 5. The van der Waals surface area contributed by atoms with E-state index in [1.54, 1.807) is 0 Å². The molecule has 10 heteroatoms. The summed E-state index contributed by atoms with van der Waals surface area (Å²) in [4.78, 5) is 4.44. The molecule has 2 aromatic carbocycles. The molecule has 5 nitrogen and oxygen atoms in total. The minimum Gasteiger partial charge on any atom is -0.493 e. The molecule has 2 aromatic rings. The Morgan fingerprint density at radius 2 is 1.12 bits per heavy atom. The van der Waals surface area contributed by atoms with Gasteiger partial charge < -0.3 is 25.2 Å². The van der Waals surface area contributed by atoms with Gasteiger partial charge in [-0.3, -0.25) is 0 Å². The highest BCUT2D eigenvalue weighted by Crippen LogP contribution is 2.29. The van der Waals surface area contributed by atoms with Gasteiger partial charge in [0, 0.05) is 29.2 Å². The number of halogens is 5. The molecule has 0 fully saturated rings. The molecule has 246 valence electrons. The van der Waals surface area contributed by atoms with Gasteiger partial charge in [0.1, 0.15) is 5.75 Å². The van der Waals surface area contributed by atoms with E-state index < -0.39 is 0 Å². The van der Waals surface area contributed by atoms with Crippen molar-refractivity contribution >= 4 is 61.2 Å². The molecule has 0 aliphatic rings. The fourth-order valence-corrected chi connectivity index (χ4v) is 4.87. The highest BCUT2D eigenvalue weighted by Gasteiger charge is 2.12. The largest absolute Gasteiger partial charge is 0.493 e. The second-order valence-corrected chi connectivity index (χ2v) is 11.4. The maximum Gasteiger partial charge on any atom is 0.128 e. The van der Waals surface area contributed by atoms with Gasteiger partial charge in [-0.25, -0.2) is 0 Å². The first kappa shape index (κ1) is 46.0. The van der Waals surface area contributed by atoms with E-state index in [0.29, 0.717) is 0 Å². The SMILES string of the molecule is CN(C)CCCNCc1cc(Cl)cc(CNCCCN(C)C)c1OCCCCCCCCc1ccccc1.Cl.Cl.Cl.Cl. The highest BCUT2D eigenvalue weighted by atomic mass is 35.5. The Morgan fingerprint density at radius 1 is 0.643 bits per heavy atom. The first-order valence-electron chi connectivity index (χ1n) is 14.6. The number of hydrogen-bond donors (Lipinski definition) is 2. The van der Waals surface area contributed by atoms with Gasteiger partial charge in [-0.05, 0) is 104 Å². The van der Waals surface area contributed by atoms with E-state index in [1.165, 1.54) is 44.1 Å². The van der Waals surface area contributed by atoms with Gasteiger partial charge in [-0.1, -0.05) is 67.6 Å². The molecule has 0 atom stereocenters. The molecule has 0 radical (unpaired) electrons. The average molecular weight is 691 g/mol. The van der Waals surface area contributed by atoms with E-state index in [2.05, 4.69) is 91.1 Å². The maximum atomic E-state index is 6.54. The van der Waals surface area contributed by atoms with E-state index in [-0.39, 0.29) is 49.6 Å². The van der Waals surface area contributed by atoms with Crippen LogP contribution in [0.5, 0.6) is 5.75 Å². The molecule has 2 N–H and O–H groups in total. The molecule has 0 aromatic heterocycles. The third kappa shape index (κ3) is 22.1. The summed E-state index contributed by atoms with van der Waals surface area (Å²) in [5.74, 6) is 1.01. The molecule has 0 saturated carbocycles. The summed E-state index contributed by atoms with van der Waals surface area (Å²) in [5.41, 5.74) is 3.77. The van der Waals surface area contributed by atoms with Gasteiger partial charge in [0.25, 0.3) is 0 Å². The van der Waals surface area contributed by atoms with Crippen molar-refractivity contribution in [2.24, 2.45) is 0 Å². The summed E-state index contributed by atoms with van der Waals surface area (Å²) in [6, 6.07) is 15.0. The molecule has 0 saturated heterocycles. The average Bonchev–Trinajstić information content (AvgIpc) is 2.88. The molecule has 0 unspecified atom stereocenters. The smallest absolute Gasteiger partial charge is 0.128 e. The molecule has 0 aliphatic heterocycles. The summed E-state index contributed by atoms with van der Waals surface area (Å²) < 4.78 is 6.44. The fraction of sp³-hybridized carbons (Fsp3) is 0.625. The third-order valence-electron chi connectivity index (χ3n) is 6.71. The predicted molar refractivity (Wildman–Crippen MR) is 194 cm³/mol. The Bertz CT molecular complexity index is 836. The Hall–Kier alpha value is -0.470. The zero-order chi connectivity index (χ0) is 27.4. The molecular formula is C32H57Cl5N4O. The van der Waals surface area contributed by atoms with Crippen LogP contribution in [-0.4, -0.2) is 70.8 Å². The number of nitrogens with one attached hydrogen (secondary N) is 2. The molecular weight excluding hydrogens is 634 g/mol. The lowest BCUT2D eigenvalue weighted by molar-refractivity contribution is 0.296. The Labute approximate surface area is 286 Å². The van der Waals surface area contributed by atoms with E-state index in [1.807, 2.05) is 0 Å². The van der Waals surface area contributed by atoms with Crippen molar-refractivity contribution in [3.8, 4) is 5.75 Å². The van der Waals surface area contributed by atoms with Crippen LogP contribution < -0.4 is 15.4 Å². The summed E-state index contributed by atoms with van der Waals surface area (Å²) in [6.07, 6.45) is 10.9. The van der Waals surface area contributed by atoms with Crippen LogP contribution in [0.25, 0.3) is 0 Å². The van der Waals surface area contributed by atoms with E-state index in [9.17, 15) is 0 Å². The number of aryl methyl sites for hydroxylation is 1. The molecule has 0 aliphatic carbocycles. The van der Waals surface area contributed by atoms with E-state index in [4.69, 9.17) is 16.3 Å². The number of rotatable bonds is 22. The van der Waals surface area contributed by atoms with Crippen LogP contribution in [0.4, 0.5) is 0 Å². The minimum absolute atomic E-state index is 0. The first-order chi connectivity index (χ1) is 18.5. The Morgan fingerprint density at radius 3 is 1.62 bits per heavy atom. The first-order valence-corrected chi connectivity index (χ1v) is 15.0. The number of nitrogens with zero attached hydrogens (tertiary/aromatic N) is 2. The number of hydrogen-bond acceptors (Lipinski definition) is 5. The molecule has 42 heavy (non-hydrogen) atoms. The lowest BCUT2D eigenvalue weighted by Crippen LogP contribution is -2.23. The Kier molecular flexibility index (Phi) is 32.0. The van der Waals surface area contributed by atoms with Crippen molar-refractivity contribution in [2.45, 2.75) is 70.9 Å². The molecule has 0 bridgehead atoms. The second kappa shape index (κ2) is 29.3. The summed E-state index contributed by atoms with van der Waals surface area (Å²) in [5, 5.41) is 7.96. The van der Waals surface area contributed by atoms with Crippen molar-refractivity contribution < 1.29 is 4.74 Å². The zero-order valence-electron chi connectivity index (χ0n) is 26.2. The van der Waals surface area contributed by atoms with Crippen molar-refractivity contribution in [3.63, 3.8) is 0 Å². The Balaban J connectivity index is -0.00000380. The van der Waals surface area contributed by atoms with E-state index in [0.717, 1.165) is 87.0 Å². The van der Waals surface area contributed by atoms with Crippen LogP contribution in [0.2, 0.25) is 5.02 Å². The minimum atomic E-state index is 0. The van der Waals surface area contributed by atoms with Gasteiger partial charge in [0.05, 0.1) is 6.61 Å². The van der Waals surface area contributed by atoms with Gasteiger partial charge in [-0.15, -0.1) is 49.6 Å². The van der Waals surface area contributed by atoms with Crippen LogP contribution >= 0.6 is 61.2 Å². The van der Waals surface area contributed by atoms with Crippen molar-refractivity contribution in [1.82, 2.24) is 20.4 Å². The van der Waals surface area contributed by atoms with Gasteiger partial charge >= 0.3 is 0 Å². The lowest BCUT2D eigenvalue weighted by atomic mass is 10.1. The third-order valence-corrected chi connectivity index (χ3v) is 6.92. The van der Waals surface area contributed by atoms with Gasteiger partial charge in [-0.2, -0.15) is 0 Å².